The Morgan fingerprint density at radius 2 is 1.89 bits per heavy atom. The van der Waals surface area contributed by atoms with E-state index in [-0.39, 0.29) is 37.2 Å². The molecule has 2 aromatic carbocycles. The van der Waals surface area contributed by atoms with Crippen LogP contribution < -0.4 is 9.46 Å². The van der Waals surface area contributed by atoms with Gasteiger partial charge in [-0.15, -0.1) is 0 Å². The van der Waals surface area contributed by atoms with E-state index in [0.29, 0.717) is 42.5 Å². The molecule has 3 rings (SSSR count). The van der Waals surface area contributed by atoms with Gasteiger partial charge in [0.05, 0.1) is 6.26 Å². The fourth-order valence-electron chi connectivity index (χ4n) is 4.01. The number of sulfonamides is 1. The maximum Gasteiger partial charge on any atom is 0.260 e. The van der Waals surface area contributed by atoms with Crippen molar-refractivity contribution < 1.29 is 27.1 Å². The van der Waals surface area contributed by atoms with Crippen molar-refractivity contribution in [2.24, 2.45) is 0 Å². The lowest BCUT2D eigenvalue weighted by molar-refractivity contribution is -0.138. The van der Waals surface area contributed by atoms with Crippen LogP contribution in [0.4, 0.5) is 4.39 Å². The SMILES string of the molecule is CC1CN(Cc2ccc(F)cc2)CCN1C(=O)COc1ccc(Cl)cc1CCC(=O)NS(C)(=O)=O. The summed E-state index contributed by atoms with van der Waals surface area (Å²) in [5.74, 6) is -0.646. The second-order valence-electron chi connectivity index (χ2n) is 8.64. The number of halogens is 2. The normalized spacial score (nSPS) is 16.7. The number of ether oxygens (including phenoxy) is 1. The topological polar surface area (TPSA) is 96.0 Å². The Hall–Kier alpha value is -2.69. The minimum Gasteiger partial charge on any atom is -0.483 e. The first-order valence-corrected chi connectivity index (χ1v) is 13.5. The number of benzene rings is 2. The van der Waals surface area contributed by atoms with Crippen LogP contribution in [0.15, 0.2) is 42.5 Å². The Kier molecular flexibility index (Phi) is 9.09. The van der Waals surface area contributed by atoms with Crippen molar-refractivity contribution in [3.8, 4) is 5.75 Å². The lowest BCUT2D eigenvalue weighted by Gasteiger charge is -2.39. The van der Waals surface area contributed by atoms with Gasteiger partial charge in [-0.3, -0.25) is 19.2 Å². The summed E-state index contributed by atoms with van der Waals surface area (Å²) < 4.78 is 43.3. The highest BCUT2D eigenvalue weighted by Crippen LogP contribution is 2.25. The van der Waals surface area contributed by atoms with Crippen molar-refractivity contribution in [3.05, 3.63) is 64.4 Å². The molecule has 2 amide bonds. The van der Waals surface area contributed by atoms with Gasteiger partial charge in [-0.05, 0) is 54.8 Å². The minimum atomic E-state index is -3.63. The molecule has 2 aromatic rings. The van der Waals surface area contributed by atoms with Crippen LogP contribution in [0.1, 0.15) is 24.5 Å². The van der Waals surface area contributed by atoms with E-state index in [4.69, 9.17) is 16.3 Å². The number of nitrogens with one attached hydrogen (secondary N) is 1. The Morgan fingerprint density at radius 3 is 2.54 bits per heavy atom. The largest absolute Gasteiger partial charge is 0.483 e. The number of rotatable bonds is 9. The van der Waals surface area contributed by atoms with Crippen LogP contribution in [0.2, 0.25) is 5.02 Å². The third-order valence-corrected chi connectivity index (χ3v) is 6.48. The zero-order chi connectivity index (χ0) is 25.6. The molecule has 1 fully saturated rings. The predicted molar refractivity (Wildman–Crippen MR) is 131 cm³/mol. The summed E-state index contributed by atoms with van der Waals surface area (Å²) in [6.45, 7) is 4.41. The van der Waals surface area contributed by atoms with Crippen LogP contribution in [-0.2, 0) is 32.6 Å². The first kappa shape index (κ1) is 26.9. The van der Waals surface area contributed by atoms with Gasteiger partial charge in [0.15, 0.2) is 6.61 Å². The van der Waals surface area contributed by atoms with E-state index in [1.807, 2.05) is 11.6 Å². The van der Waals surface area contributed by atoms with Crippen LogP contribution >= 0.6 is 11.6 Å². The van der Waals surface area contributed by atoms with Gasteiger partial charge in [0.1, 0.15) is 11.6 Å². The lowest BCUT2D eigenvalue weighted by Crippen LogP contribution is -2.54. The number of amides is 2. The van der Waals surface area contributed by atoms with Crippen molar-refractivity contribution in [1.82, 2.24) is 14.5 Å². The molecule has 8 nitrogen and oxygen atoms in total. The van der Waals surface area contributed by atoms with Gasteiger partial charge >= 0.3 is 0 Å². The van der Waals surface area contributed by atoms with Gasteiger partial charge in [0.2, 0.25) is 15.9 Å². The molecule has 1 saturated heterocycles. The average molecular weight is 526 g/mol. The molecule has 35 heavy (non-hydrogen) atoms. The van der Waals surface area contributed by atoms with Gasteiger partial charge in [-0.1, -0.05) is 23.7 Å². The standard InChI is InChI=1S/C24H29ClFN3O5S/c1-17-14-28(15-18-3-7-21(26)8-4-18)11-12-29(17)24(31)16-34-22-9-6-20(25)13-19(22)5-10-23(30)27-35(2,32)33/h3-4,6-9,13,17H,5,10-12,14-16H2,1-2H3,(H,27,30). The fraction of sp³-hybridized carbons (Fsp3) is 0.417. The molecular weight excluding hydrogens is 497 g/mol. The van der Waals surface area contributed by atoms with Crippen LogP contribution in [-0.4, -0.2) is 68.6 Å². The Labute approximate surface area is 210 Å². The van der Waals surface area contributed by atoms with Crippen LogP contribution in [0, 0.1) is 5.82 Å². The lowest BCUT2D eigenvalue weighted by atomic mass is 10.1. The second-order valence-corrected chi connectivity index (χ2v) is 10.8. The fourth-order valence-corrected chi connectivity index (χ4v) is 4.72. The summed E-state index contributed by atoms with van der Waals surface area (Å²) >= 11 is 6.07. The van der Waals surface area contributed by atoms with Crippen molar-refractivity contribution in [1.29, 1.82) is 0 Å². The quantitative estimate of drug-likeness (QED) is 0.540. The molecular formula is C24H29ClFN3O5S. The van der Waals surface area contributed by atoms with E-state index in [1.54, 1.807) is 35.2 Å². The number of piperazine rings is 1. The summed E-state index contributed by atoms with van der Waals surface area (Å²) in [5, 5.41) is 0.438. The van der Waals surface area contributed by atoms with Crippen molar-refractivity contribution in [2.75, 3.05) is 32.5 Å². The molecule has 1 heterocycles. The number of aryl methyl sites for hydroxylation is 1. The second kappa shape index (κ2) is 11.8. The zero-order valence-electron chi connectivity index (χ0n) is 19.7. The maximum atomic E-state index is 13.1. The zero-order valence-corrected chi connectivity index (χ0v) is 21.2. The number of hydrogen-bond donors (Lipinski definition) is 1. The number of hydrogen-bond acceptors (Lipinski definition) is 6. The first-order chi connectivity index (χ1) is 16.5. The molecule has 0 aromatic heterocycles. The Balaban J connectivity index is 1.53. The molecule has 1 aliphatic heterocycles. The van der Waals surface area contributed by atoms with Gasteiger partial charge < -0.3 is 9.64 Å². The molecule has 0 saturated carbocycles. The third-order valence-electron chi connectivity index (χ3n) is 5.65. The summed E-state index contributed by atoms with van der Waals surface area (Å²) in [7, 11) is -3.63. The molecule has 0 bridgehead atoms. The summed E-state index contributed by atoms with van der Waals surface area (Å²) in [4.78, 5) is 28.7. The number of carbonyl (C=O) groups is 2. The van der Waals surface area contributed by atoms with Crippen LogP contribution in [0.3, 0.4) is 0 Å². The highest BCUT2D eigenvalue weighted by Gasteiger charge is 2.27. The van der Waals surface area contributed by atoms with E-state index in [0.717, 1.165) is 11.8 Å². The highest BCUT2D eigenvalue weighted by molar-refractivity contribution is 7.89. The molecule has 1 N–H and O–H groups in total. The maximum absolute atomic E-state index is 13.1. The van der Waals surface area contributed by atoms with Gasteiger partial charge in [-0.2, -0.15) is 0 Å². The average Bonchev–Trinajstić information content (AvgIpc) is 2.77. The van der Waals surface area contributed by atoms with Crippen LogP contribution in [0.25, 0.3) is 0 Å². The van der Waals surface area contributed by atoms with Gasteiger partial charge in [0, 0.05) is 43.7 Å². The molecule has 190 valence electrons. The minimum absolute atomic E-state index is 0.0234. The van der Waals surface area contributed by atoms with E-state index < -0.39 is 15.9 Å². The van der Waals surface area contributed by atoms with Gasteiger partial charge in [-0.25, -0.2) is 12.8 Å². The van der Waals surface area contributed by atoms with Crippen molar-refractivity contribution in [2.45, 2.75) is 32.4 Å². The molecule has 1 unspecified atom stereocenters. The summed E-state index contributed by atoms with van der Waals surface area (Å²) in [6, 6.07) is 11.3. The van der Waals surface area contributed by atoms with Gasteiger partial charge in [0.25, 0.3) is 5.91 Å². The molecule has 1 atom stereocenters. The van der Waals surface area contributed by atoms with Crippen molar-refractivity contribution >= 4 is 33.4 Å². The van der Waals surface area contributed by atoms with E-state index in [2.05, 4.69) is 4.90 Å². The summed E-state index contributed by atoms with van der Waals surface area (Å²) in [6.07, 6.45) is 1.03. The Bertz CT molecular complexity index is 1160. The van der Waals surface area contributed by atoms with Crippen LogP contribution in [0.5, 0.6) is 5.75 Å². The molecule has 0 radical (unpaired) electrons. The van der Waals surface area contributed by atoms with E-state index in [1.165, 1.54) is 12.1 Å². The number of nitrogens with zero attached hydrogens (tertiary/aromatic N) is 2. The monoisotopic (exact) mass is 525 g/mol. The highest BCUT2D eigenvalue weighted by atomic mass is 35.5. The van der Waals surface area contributed by atoms with E-state index >= 15 is 0 Å². The molecule has 0 aliphatic carbocycles. The van der Waals surface area contributed by atoms with E-state index in [9.17, 15) is 22.4 Å². The molecule has 0 spiro atoms. The smallest absolute Gasteiger partial charge is 0.260 e. The Morgan fingerprint density at radius 1 is 1.17 bits per heavy atom. The molecule has 1 aliphatic rings. The first-order valence-electron chi connectivity index (χ1n) is 11.2. The predicted octanol–water partition coefficient (Wildman–Crippen LogP) is 2.60. The molecule has 11 heteroatoms. The third kappa shape index (κ3) is 8.48. The summed E-state index contributed by atoms with van der Waals surface area (Å²) in [5.41, 5.74) is 1.62. The number of carbonyl (C=O) groups excluding carboxylic acids is 2. The van der Waals surface area contributed by atoms with Crippen molar-refractivity contribution in [3.63, 3.8) is 0 Å².